The van der Waals surface area contributed by atoms with Gasteiger partial charge in [-0.1, -0.05) is 24.3 Å². The highest BCUT2D eigenvalue weighted by molar-refractivity contribution is 6.08. The normalized spacial score (nSPS) is 10.1. The van der Waals surface area contributed by atoms with Crippen LogP contribution in [0.2, 0.25) is 0 Å². The number of aromatic nitrogens is 2. The Morgan fingerprint density at radius 1 is 0.889 bits per heavy atom. The van der Waals surface area contributed by atoms with Gasteiger partial charge in [0.1, 0.15) is 0 Å². The van der Waals surface area contributed by atoms with E-state index in [0.717, 1.165) is 0 Å². The van der Waals surface area contributed by atoms with Crippen LogP contribution in [-0.2, 0) is 9.47 Å². The van der Waals surface area contributed by atoms with Crippen molar-refractivity contribution in [3.63, 3.8) is 0 Å². The molecule has 0 aliphatic carbocycles. The smallest absolute Gasteiger partial charge is 0.359 e. The van der Waals surface area contributed by atoms with Crippen LogP contribution in [0.4, 0.5) is 0 Å². The number of fused-ring (bicyclic) bond motifs is 1. The van der Waals surface area contributed by atoms with Crippen molar-refractivity contribution < 1.29 is 19.1 Å². The van der Waals surface area contributed by atoms with Crippen molar-refractivity contribution in [2.24, 2.45) is 0 Å². The van der Waals surface area contributed by atoms with Gasteiger partial charge in [-0.2, -0.15) is 0 Å². The minimum atomic E-state index is -0.602. The van der Waals surface area contributed by atoms with E-state index in [1.807, 2.05) is 0 Å². The minimum Gasteiger partial charge on any atom is -0.464 e. The van der Waals surface area contributed by atoms with Gasteiger partial charge in [-0.05, 0) is 0 Å². The maximum Gasteiger partial charge on any atom is 0.359 e. The fraction of sp³-hybridized carbons (Fsp3) is 0.167. The summed E-state index contributed by atoms with van der Waals surface area (Å²) in [5, 5.41) is 8.44. The molecule has 0 radical (unpaired) electrons. The standard InChI is InChI=1S/C12H10N2O4/c1-17-11(15)9-7-5-3-4-6-8(7)10(14-13-9)12(16)18-2/h3-6H,1-2H3. The van der Waals surface area contributed by atoms with Gasteiger partial charge < -0.3 is 9.47 Å². The summed E-state index contributed by atoms with van der Waals surface area (Å²) in [4.78, 5) is 23.1. The highest BCUT2D eigenvalue weighted by atomic mass is 16.5. The Morgan fingerprint density at radius 2 is 1.28 bits per heavy atom. The number of carbonyl (C=O) groups excluding carboxylic acids is 2. The molecule has 0 bridgehead atoms. The second-order valence-electron chi connectivity index (χ2n) is 3.43. The van der Waals surface area contributed by atoms with E-state index in [2.05, 4.69) is 19.7 Å². The monoisotopic (exact) mass is 246 g/mol. The zero-order valence-electron chi connectivity index (χ0n) is 9.84. The lowest BCUT2D eigenvalue weighted by molar-refractivity contribution is 0.0577. The zero-order chi connectivity index (χ0) is 13.1. The summed E-state index contributed by atoms with van der Waals surface area (Å²) in [6.45, 7) is 0. The third kappa shape index (κ3) is 1.88. The Morgan fingerprint density at radius 3 is 1.61 bits per heavy atom. The number of benzene rings is 1. The van der Waals surface area contributed by atoms with E-state index in [1.165, 1.54) is 14.2 Å². The molecule has 1 heterocycles. The quantitative estimate of drug-likeness (QED) is 0.741. The van der Waals surface area contributed by atoms with Crippen molar-refractivity contribution in [1.29, 1.82) is 0 Å². The molecule has 92 valence electrons. The van der Waals surface area contributed by atoms with E-state index in [9.17, 15) is 9.59 Å². The number of methoxy groups -OCH3 is 2. The number of hydrogen-bond donors (Lipinski definition) is 0. The van der Waals surface area contributed by atoms with Gasteiger partial charge in [0, 0.05) is 10.8 Å². The van der Waals surface area contributed by atoms with Gasteiger partial charge >= 0.3 is 11.9 Å². The lowest BCUT2D eigenvalue weighted by atomic mass is 10.1. The fourth-order valence-corrected chi connectivity index (χ4v) is 1.60. The van der Waals surface area contributed by atoms with Gasteiger partial charge in [0.25, 0.3) is 0 Å². The summed E-state index contributed by atoms with van der Waals surface area (Å²) in [6.07, 6.45) is 0. The molecule has 0 aliphatic rings. The Hall–Kier alpha value is -2.50. The van der Waals surface area contributed by atoms with Gasteiger partial charge in [0.05, 0.1) is 14.2 Å². The van der Waals surface area contributed by atoms with E-state index in [0.29, 0.717) is 10.8 Å². The molecule has 0 saturated heterocycles. The molecular formula is C12H10N2O4. The van der Waals surface area contributed by atoms with E-state index >= 15 is 0 Å². The van der Waals surface area contributed by atoms with Crippen molar-refractivity contribution in [1.82, 2.24) is 10.2 Å². The van der Waals surface area contributed by atoms with Crippen LogP contribution in [0.5, 0.6) is 0 Å². The molecule has 0 aliphatic heterocycles. The van der Waals surface area contributed by atoms with E-state index in [-0.39, 0.29) is 11.4 Å². The average molecular weight is 246 g/mol. The molecule has 18 heavy (non-hydrogen) atoms. The molecule has 0 fully saturated rings. The second-order valence-corrected chi connectivity index (χ2v) is 3.43. The molecule has 0 amide bonds. The number of ether oxygens (including phenoxy) is 2. The predicted molar refractivity (Wildman–Crippen MR) is 62.2 cm³/mol. The summed E-state index contributed by atoms with van der Waals surface area (Å²) in [5.41, 5.74) is 0.140. The Labute approximate surface area is 103 Å². The lowest BCUT2D eigenvalue weighted by Crippen LogP contribution is -2.12. The Kier molecular flexibility index (Phi) is 3.18. The number of esters is 2. The molecule has 1 aromatic heterocycles. The maximum atomic E-state index is 11.5. The zero-order valence-corrected chi connectivity index (χ0v) is 9.84. The summed E-state index contributed by atoms with van der Waals surface area (Å²) in [5.74, 6) is -1.20. The van der Waals surface area contributed by atoms with E-state index < -0.39 is 11.9 Å². The van der Waals surface area contributed by atoms with Gasteiger partial charge in [-0.3, -0.25) is 0 Å². The summed E-state index contributed by atoms with van der Waals surface area (Å²) >= 11 is 0. The summed E-state index contributed by atoms with van der Waals surface area (Å²) in [7, 11) is 2.51. The van der Waals surface area contributed by atoms with Crippen molar-refractivity contribution in [3.05, 3.63) is 35.7 Å². The van der Waals surface area contributed by atoms with Crippen LogP contribution in [0.15, 0.2) is 24.3 Å². The molecule has 0 atom stereocenters. The van der Waals surface area contributed by atoms with Crippen molar-refractivity contribution in [2.75, 3.05) is 14.2 Å². The van der Waals surface area contributed by atoms with Gasteiger partial charge in [0.15, 0.2) is 11.4 Å². The third-order valence-corrected chi connectivity index (χ3v) is 2.44. The van der Waals surface area contributed by atoms with Crippen LogP contribution in [0.3, 0.4) is 0 Å². The maximum absolute atomic E-state index is 11.5. The predicted octanol–water partition coefficient (Wildman–Crippen LogP) is 1.20. The van der Waals surface area contributed by atoms with Crippen LogP contribution in [0, 0.1) is 0 Å². The molecule has 6 nitrogen and oxygen atoms in total. The number of carbonyl (C=O) groups is 2. The summed E-state index contributed by atoms with van der Waals surface area (Å²) in [6, 6.07) is 6.81. The molecule has 6 heteroatoms. The first-order valence-corrected chi connectivity index (χ1v) is 5.11. The van der Waals surface area contributed by atoms with Crippen molar-refractivity contribution in [3.8, 4) is 0 Å². The topological polar surface area (TPSA) is 78.4 Å². The molecule has 0 saturated carbocycles. The van der Waals surface area contributed by atoms with Gasteiger partial charge in [0.2, 0.25) is 0 Å². The van der Waals surface area contributed by atoms with Gasteiger partial charge in [-0.15, -0.1) is 10.2 Å². The number of hydrogen-bond acceptors (Lipinski definition) is 6. The molecule has 0 spiro atoms. The molecule has 2 rings (SSSR count). The molecule has 0 N–H and O–H groups in total. The number of rotatable bonds is 2. The summed E-state index contributed by atoms with van der Waals surface area (Å²) < 4.78 is 9.23. The van der Waals surface area contributed by atoms with Crippen LogP contribution in [0.25, 0.3) is 10.8 Å². The molecular weight excluding hydrogens is 236 g/mol. The average Bonchev–Trinajstić information content (AvgIpc) is 2.44. The Balaban J connectivity index is 2.74. The highest BCUT2D eigenvalue weighted by Crippen LogP contribution is 2.20. The third-order valence-electron chi connectivity index (χ3n) is 2.44. The SMILES string of the molecule is COC(=O)c1nnc(C(=O)OC)c2ccccc12. The fourth-order valence-electron chi connectivity index (χ4n) is 1.60. The molecule has 0 unspecified atom stereocenters. The van der Waals surface area contributed by atoms with E-state index in [1.54, 1.807) is 24.3 Å². The van der Waals surface area contributed by atoms with Crippen molar-refractivity contribution >= 4 is 22.7 Å². The molecule has 1 aromatic carbocycles. The van der Waals surface area contributed by atoms with Crippen LogP contribution >= 0.6 is 0 Å². The largest absolute Gasteiger partial charge is 0.464 e. The lowest BCUT2D eigenvalue weighted by Gasteiger charge is -2.06. The van der Waals surface area contributed by atoms with Crippen LogP contribution in [-0.4, -0.2) is 36.4 Å². The number of nitrogens with zero attached hydrogens (tertiary/aromatic N) is 2. The van der Waals surface area contributed by atoms with E-state index in [4.69, 9.17) is 0 Å². The second kappa shape index (κ2) is 4.79. The first-order valence-electron chi connectivity index (χ1n) is 5.11. The van der Waals surface area contributed by atoms with Crippen LogP contribution < -0.4 is 0 Å². The van der Waals surface area contributed by atoms with Crippen LogP contribution in [0.1, 0.15) is 21.0 Å². The van der Waals surface area contributed by atoms with Crippen molar-refractivity contribution in [2.45, 2.75) is 0 Å². The first kappa shape index (κ1) is 12.0. The highest BCUT2D eigenvalue weighted by Gasteiger charge is 2.19. The first-order chi connectivity index (χ1) is 8.69. The Bertz CT molecular complexity index is 570. The van der Waals surface area contributed by atoms with Gasteiger partial charge in [-0.25, -0.2) is 9.59 Å². The molecule has 2 aromatic rings. The minimum absolute atomic E-state index is 0.0701.